The van der Waals surface area contributed by atoms with Crippen LogP contribution in [0.15, 0.2) is 55.8 Å². The number of halogens is 1. The van der Waals surface area contributed by atoms with Crippen LogP contribution in [0.3, 0.4) is 0 Å². The van der Waals surface area contributed by atoms with Gasteiger partial charge in [-0.1, -0.05) is 0 Å². The Morgan fingerprint density at radius 3 is 1.14 bits per heavy atom. The first-order chi connectivity index (χ1) is 30.8. The first-order valence-electron chi connectivity index (χ1n) is 22.8. The first kappa shape index (κ1) is 43.7. The highest BCUT2D eigenvalue weighted by Gasteiger charge is 2.44. The average molecular weight is 887 g/mol. The van der Waals surface area contributed by atoms with Crippen molar-refractivity contribution in [2.75, 3.05) is 88.2 Å². The second-order valence-electron chi connectivity index (χ2n) is 18.9. The predicted molar refractivity (Wildman–Crippen MR) is 251 cm³/mol. The number of aromatic nitrogens is 9. The van der Waals surface area contributed by atoms with Crippen molar-refractivity contribution in [3.63, 3.8) is 0 Å². The van der Waals surface area contributed by atoms with E-state index in [2.05, 4.69) is 114 Å². The highest BCUT2D eigenvalue weighted by Crippen LogP contribution is 2.43. The number of fused-ring (bicyclic) bond motifs is 6. The number of hydrogen-bond donors (Lipinski definition) is 4. The molecule has 0 spiro atoms. The van der Waals surface area contributed by atoms with Crippen molar-refractivity contribution < 1.29 is 0 Å². The van der Waals surface area contributed by atoms with E-state index in [1.165, 1.54) is 51.6 Å². The molecule has 0 bridgehead atoms. The van der Waals surface area contributed by atoms with Crippen molar-refractivity contribution in [3.05, 3.63) is 55.8 Å². The second kappa shape index (κ2) is 18.9. The Balaban J connectivity index is 0.000000121. The minimum Gasteiger partial charge on any atom is -0.356 e. The summed E-state index contributed by atoms with van der Waals surface area (Å²) in [5.74, 6) is 7.72. The van der Waals surface area contributed by atoms with Crippen molar-refractivity contribution in [1.82, 2.24) is 60.0 Å². The largest absolute Gasteiger partial charge is 0.356 e. The van der Waals surface area contributed by atoms with E-state index in [1.807, 2.05) is 30.7 Å². The summed E-state index contributed by atoms with van der Waals surface area (Å²) < 4.78 is 0. The van der Waals surface area contributed by atoms with Crippen LogP contribution in [0.1, 0.15) is 38.5 Å². The molecule has 3 aliphatic heterocycles. The number of H-pyrrole nitrogens is 3. The van der Waals surface area contributed by atoms with Crippen LogP contribution in [0.5, 0.6) is 0 Å². The molecule has 3 unspecified atom stereocenters. The molecule has 6 aliphatic rings. The van der Waals surface area contributed by atoms with Gasteiger partial charge in [0.15, 0.2) is 0 Å². The van der Waals surface area contributed by atoms with Gasteiger partial charge in [-0.3, -0.25) is 9.80 Å². The lowest BCUT2D eigenvalue weighted by molar-refractivity contribution is 0.340. The SMILES string of the molecule is CN(c1ncnc2[nH]ccc12)C1C[C@@H]2CN(CC#N)C[C@@H]2C1.CN(c1ncnc2[nH]ccc12)C1C[C@@H]2CN(CC#N)C[C@@H]2C1.CN(c1ncnc2[nH]ccc12)C1C[C@H]2CNC[C@H]2C1.Cl. The van der Waals surface area contributed by atoms with Gasteiger partial charge in [0, 0.05) is 84.0 Å². The zero-order valence-corrected chi connectivity index (χ0v) is 37.8. The van der Waals surface area contributed by atoms with Gasteiger partial charge in [-0.05, 0) is 105 Å². The smallest absolute Gasteiger partial charge is 0.142 e. The van der Waals surface area contributed by atoms with Gasteiger partial charge in [0.2, 0.25) is 0 Å². The number of likely N-dealkylation sites (tertiary alicyclic amines) is 2. The van der Waals surface area contributed by atoms with E-state index >= 15 is 0 Å². The van der Waals surface area contributed by atoms with Gasteiger partial charge in [-0.25, -0.2) is 29.9 Å². The van der Waals surface area contributed by atoms with Crippen LogP contribution in [0.25, 0.3) is 33.1 Å². The fraction of sp³-hybridized carbons (Fsp3) is 0.565. The Morgan fingerprint density at radius 1 is 0.516 bits per heavy atom. The van der Waals surface area contributed by atoms with Crippen molar-refractivity contribution in [1.29, 1.82) is 10.5 Å². The van der Waals surface area contributed by atoms with E-state index in [9.17, 15) is 0 Å². The van der Waals surface area contributed by atoms with Crippen LogP contribution >= 0.6 is 12.4 Å². The molecule has 64 heavy (non-hydrogen) atoms. The number of nitriles is 2. The molecule has 336 valence electrons. The molecule has 3 aliphatic carbocycles. The highest BCUT2D eigenvalue weighted by molar-refractivity contribution is 5.88. The van der Waals surface area contributed by atoms with Crippen molar-refractivity contribution in [2.24, 2.45) is 35.5 Å². The number of aromatic amines is 3. The van der Waals surface area contributed by atoms with Crippen LogP contribution in [0.2, 0.25) is 0 Å². The molecule has 18 heteroatoms. The van der Waals surface area contributed by atoms with E-state index in [4.69, 9.17) is 10.5 Å². The number of rotatable bonds is 8. The van der Waals surface area contributed by atoms with Gasteiger partial charge < -0.3 is 35.0 Å². The summed E-state index contributed by atoms with van der Waals surface area (Å²) in [6.07, 6.45) is 18.0. The van der Waals surface area contributed by atoms with Crippen LogP contribution in [0, 0.1) is 58.2 Å². The molecule has 12 rings (SSSR count). The quantitative estimate of drug-likeness (QED) is 0.148. The molecule has 9 heterocycles. The summed E-state index contributed by atoms with van der Waals surface area (Å²) in [4.78, 5) is 47.4. The summed E-state index contributed by atoms with van der Waals surface area (Å²) in [6.45, 7) is 7.83. The first-order valence-corrected chi connectivity index (χ1v) is 22.8. The second-order valence-corrected chi connectivity index (χ2v) is 18.9. The van der Waals surface area contributed by atoms with Gasteiger partial charge in [0.25, 0.3) is 0 Å². The molecule has 3 saturated heterocycles. The van der Waals surface area contributed by atoms with Gasteiger partial charge in [-0.15, -0.1) is 12.4 Å². The van der Waals surface area contributed by atoms with Gasteiger partial charge in [0.05, 0.1) is 41.4 Å². The van der Waals surface area contributed by atoms with Crippen LogP contribution in [0.4, 0.5) is 17.5 Å². The van der Waals surface area contributed by atoms with Crippen LogP contribution in [-0.2, 0) is 0 Å². The van der Waals surface area contributed by atoms with Crippen molar-refractivity contribution in [3.8, 4) is 12.1 Å². The van der Waals surface area contributed by atoms with Crippen LogP contribution < -0.4 is 20.0 Å². The summed E-state index contributed by atoms with van der Waals surface area (Å²) in [5, 5.41) is 24.5. The monoisotopic (exact) mass is 885 g/mol. The molecular formula is C46H60ClN17. The Morgan fingerprint density at radius 2 is 0.828 bits per heavy atom. The zero-order valence-electron chi connectivity index (χ0n) is 37.0. The molecule has 6 aromatic heterocycles. The third-order valence-electron chi connectivity index (χ3n) is 15.5. The summed E-state index contributed by atoms with van der Waals surface area (Å²) >= 11 is 0. The Labute approximate surface area is 380 Å². The van der Waals surface area contributed by atoms with Crippen LogP contribution in [-0.4, -0.2) is 146 Å². The van der Waals surface area contributed by atoms with E-state index in [0.717, 1.165) is 112 Å². The number of nitrogens with zero attached hydrogens (tertiary/aromatic N) is 13. The maximum atomic E-state index is 8.84. The number of anilines is 3. The summed E-state index contributed by atoms with van der Waals surface area (Å²) in [7, 11) is 6.47. The van der Waals surface area contributed by atoms with E-state index in [-0.39, 0.29) is 12.4 Å². The van der Waals surface area contributed by atoms with Gasteiger partial charge in [-0.2, -0.15) is 10.5 Å². The molecule has 0 radical (unpaired) electrons. The fourth-order valence-corrected chi connectivity index (χ4v) is 12.2. The fourth-order valence-electron chi connectivity index (χ4n) is 12.2. The molecule has 6 aromatic rings. The summed E-state index contributed by atoms with van der Waals surface area (Å²) in [5.41, 5.74) is 2.72. The third kappa shape index (κ3) is 8.54. The normalized spacial score (nSPS) is 28.0. The molecule has 4 N–H and O–H groups in total. The standard InChI is InChI=1S/2C16H20N6.C14H19N5.ClH/c2*1-21(16-14-2-4-18-15(14)19-10-20-16)13-6-11-8-22(5-3-17)9-12(11)7-13;1-19(11-4-9-6-15-7-10(9)5-11)14-12-2-3-16-13(12)17-8-18-14;/h2*2,4,10-13H,5-9H2,1H3,(H,18,19,20);2-3,8-11,15H,4-7H2,1H3,(H,16,17,18);1H/t2*11-,12+,13?;9-,10+,11?;. The minimum atomic E-state index is 0. The lowest BCUT2D eigenvalue weighted by atomic mass is 10.0. The topological polar surface area (TPSA) is 201 Å². The maximum absolute atomic E-state index is 8.84. The Kier molecular flexibility index (Phi) is 12.9. The Bertz CT molecular complexity index is 2430. The molecular weight excluding hydrogens is 826 g/mol. The lowest BCUT2D eigenvalue weighted by Gasteiger charge is -2.27. The Hall–Kier alpha value is -5.59. The molecule has 17 nitrogen and oxygen atoms in total. The third-order valence-corrected chi connectivity index (χ3v) is 15.5. The summed E-state index contributed by atoms with van der Waals surface area (Å²) in [6, 6.07) is 12.4. The predicted octanol–water partition coefficient (Wildman–Crippen LogP) is 5.07. The molecule has 6 fully saturated rings. The van der Waals surface area contributed by atoms with E-state index in [1.54, 1.807) is 19.0 Å². The zero-order chi connectivity index (χ0) is 43.0. The van der Waals surface area contributed by atoms with Crippen molar-refractivity contribution in [2.45, 2.75) is 56.7 Å². The molecule has 9 atom stereocenters. The van der Waals surface area contributed by atoms with Gasteiger partial charge in [0.1, 0.15) is 53.4 Å². The molecule has 0 amide bonds. The molecule has 3 saturated carbocycles. The highest BCUT2D eigenvalue weighted by atomic mass is 35.5. The van der Waals surface area contributed by atoms with E-state index in [0.29, 0.717) is 31.2 Å². The van der Waals surface area contributed by atoms with E-state index < -0.39 is 0 Å². The number of hydrogen-bond acceptors (Lipinski definition) is 14. The molecule has 0 aromatic carbocycles. The van der Waals surface area contributed by atoms with Crippen molar-refractivity contribution >= 4 is 63.0 Å². The minimum absolute atomic E-state index is 0. The lowest BCUT2D eigenvalue weighted by Crippen LogP contribution is -2.32. The average Bonchev–Trinajstić information content (AvgIpc) is 4.12. The number of nitrogens with one attached hydrogen (secondary N) is 4. The van der Waals surface area contributed by atoms with Gasteiger partial charge >= 0.3 is 0 Å². The maximum Gasteiger partial charge on any atom is 0.142 e.